The Balaban J connectivity index is 1.61. The molecule has 2 saturated heterocycles. The van der Waals surface area contributed by atoms with Crippen LogP contribution in [0.5, 0.6) is 0 Å². The Morgan fingerprint density at radius 3 is 1.65 bits per heavy atom. The Labute approximate surface area is 239 Å². The first-order valence-corrected chi connectivity index (χ1v) is 13.7. The fraction of sp³-hybridized carbons (Fsp3) is 0.357. The van der Waals surface area contributed by atoms with Crippen molar-refractivity contribution >= 4 is 46.0 Å². The number of nitro groups is 2. The summed E-state index contributed by atoms with van der Waals surface area (Å²) >= 11 is 12.1. The molecule has 2 heterocycles. The average molecular weight is 591 g/mol. The van der Waals surface area contributed by atoms with Gasteiger partial charge in [0.2, 0.25) is 0 Å². The summed E-state index contributed by atoms with van der Waals surface area (Å²) in [5.41, 5.74) is 0.668. The number of halogens is 4. The van der Waals surface area contributed by atoms with Gasteiger partial charge in [-0.3, -0.25) is 20.2 Å². The number of benzene rings is 3. The summed E-state index contributed by atoms with van der Waals surface area (Å²) in [5, 5.41) is 23.1. The van der Waals surface area contributed by atoms with Crippen LogP contribution in [-0.2, 0) is 0 Å². The van der Waals surface area contributed by atoms with Gasteiger partial charge < -0.3 is 9.80 Å². The highest BCUT2D eigenvalue weighted by Gasteiger charge is 2.38. The molecule has 12 heteroatoms. The molecule has 3 aromatic carbocycles. The van der Waals surface area contributed by atoms with Crippen LogP contribution in [-0.4, -0.2) is 22.9 Å². The molecule has 3 aromatic rings. The highest BCUT2D eigenvalue weighted by atomic mass is 35.5. The van der Waals surface area contributed by atoms with Crippen LogP contribution in [0.1, 0.15) is 55.8 Å². The summed E-state index contributed by atoms with van der Waals surface area (Å²) < 4.78 is 31.3. The molecular formula is C28H26Cl2F2N4O4. The van der Waals surface area contributed by atoms with Crippen LogP contribution in [0.3, 0.4) is 0 Å². The lowest BCUT2D eigenvalue weighted by Gasteiger charge is -2.35. The fourth-order valence-electron chi connectivity index (χ4n) is 5.81. The molecule has 8 nitrogen and oxygen atoms in total. The zero-order chi connectivity index (χ0) is 28.7. The van der Waals surface area contributed by atoms with E-state index in [1.54, 1.807) is 21.9 Å². The van der Waals surface area contributed by atoms with Crippen molar-refractivity contribution in [2.45, 2.75) is 44.7 Å². The molecule has 0 aromatic heterocycles. The third kappa shape index (κ3) is 5.30. The lowest BCUT2D eigenvalue weighted by Crippen LogP contribution is -2.34. The molecule has 0 bridgehead atoms. The van der Waals surface area contributed by atoms with Crippen LogP contribution in [0.2, 0.25) is 10.0 Å². The second-order valence-corrected chi connectivity index (χ2v) is 11.2. The van der Waals surface area contributed by atoms with E-state index in [9.17, 15) is 20.2 Å². The number of rotatable bonds is 6. The molecule has 0 N–H and O–H groups in total. The first-order chi connectivity index (χ1) is 19.0. The normalized spacial score (nSPS) is 19.7. The van der Waals surface area contributed by atoms with Crippen molar-refractivity contribution in [3.63, 3.8) is 0 Å². The Morgan fingerprint density at radius 2 is 1.23 bits per heavy atom. The molecule has 2 fully saturated rings. The molecule has 2 aliphatic rings. The van der Waals surface area contributed by atoms with Crippen LogP contribution < -0.4 is 9.80 Å². The van der Waals surface area contributed by atoms with Gasteiger partial charge in [0.25, 0.3) is 11.4 Å². The van der Waals surface area contributed by atoms with Crippen LogP contribution >= 0.6 is 23.2 Å². The molecule has 40 heavy (non-hydrogen) atoms. The van der Waals surface area contributed by atoms with Gasteiger partial charge in [-0.1, -0.05) is 42.3 Å². The summed E-state index contributed by atoms with van der Waals surface area (Å²) in [6.07, 6.45) is 2.60. The third-order valence-electron chi connectivity index (χ3n) is 7.89. The number of hydrogen-bond donors (Lipinski definition) is 0. The SMILES string of the molecule is CC1CCN(c2c(F)cc(N3[C@@H](c4ccc(Cl)c([N+](=O)[O-])c4)CC[C@@H]3c3ccc(Cl)c([N+](=O)[O-])c3)cc2F)CC1. The van der Waals surface area contributed by atoms with Gasteiger partial charge in [0.15, 0.2) is 11.6 Å². The number of piperidine rings is 1. The zero-order valence-corrected chi connectivity index (χ0v) is 23.0. The first kappa shape index (κ1) is 28.0. The predicted octanol–water partition coefficient (Wildman–Crippen LogP) is 8.41. The maximum atomic E-state index is 15.6. The highest BCUT2D eigenvalue weighted by Crippen LogP contribution is 2.49. The predicted molar refractivity (Wildman–Crippen MR) is 150 cm³/mol. The molecule has 5 rings (SSSR count). The van der Waals surface area contributed by atoms with E-state index in [0.29, 0.717) is 43.0 Å². The van der Waals surface area contributed by atoms with E-state index in [1.165, 1.54) is 36.4 Å². The Bertz CT molecular complexity index is 1390. The first-order valence-electron chi connectivity index (χ1n) is 12.9. The number of nitro benzene ring substituents is 2. The molecule has 0 amide bonds. The van der Waals surface area contributed by atoms with Crippen LogP contribution in [0.15, 0.2) is 48.5 Å². The van der Waals surface area contributed by atoms with Crippen molar-refractivity contribution in [2.24, 2.45) is 5.92 Å². The molecule has 0 aliphatic carbocycles. The molecular weight excluding hydrogens is 565 g/mol. The number of anilines is 2. The fourth-order valence-corrected chi connectivity index (χ4v) is 6.19. The van der Waals surface area contributed by atoms with Gasteiger partial charge in [-0.25, -0.2) is 8.78 Å². The Hall–Kier alpha value is -3.50. The van der Waals surface area contributed by atoms with Gasteiger partial charge in [-0.15, -0.1) is 0 Å². The van der Waals surface area contributed by atoms with E-state index in [-0.39, 0.29) is 32.8 Å². The quantitative estimate of drug-likeness (QED) is 0.211. The number of hydrogen-bond acceptors (Lipinski definition) is 6. The lowest BCUT2D eigenvalue weighted by atomic mass is 9.98. The van der Waals surface area contributed by atoms with E-state index < -0.39 is 33.6 Å². The van der Waals surface area contributed by atoms with Crippen molar-refractivity contribution in [2.75, 3.05) is 22.9 Å². The van der Waals surface area contributed by atoms with Gasteiger partial charge >= 0.3 is 0 Å². The standard InChI is InChI=1S/C28H26Cl2F2N4O4/c1-16-8-10-33(11-9-16)28-22(31)14-19(15-23(28)32)34-24(17-2-4-20(29)26(12-17)35(37)38)6-7-25(34)18-3-5-21(30)27(13-18)36(39)40/h2-5,12-16,24-25H,6-11H2,1H3/t24-,25-/m1/s1. The van der Waals surface area contributed by atoms with E-state index in [4.69, 9.17) is 23.2 Å². The van der Waals surface area contributed by atoms with Gasteiger partial charge in [-0.05, 0) is 67.0 Å². The second-order valence-electron chi connectivity index (χ2n) is 10.4. The minimum absolute atomic E-state index is 0.0273. The van der Waals surface area contributed by atoms with Gasteiger partial charge in [0.05, 0.1) is 21.9 Å². The minimum Gasteiger partial charge on any atom is -0.367 e. The Morgan fingerprint density at radius 1 is 0.775 bits per heavy atom. The summed E-state index contributed by atoms with van der Waals surface area (Å²) in [5.74, 6) is -0.934. The van der Waals surface area contributed by atoms with E-state index in [2.05, 4.69) is 6.92 Å². The van der Waals surface area contributed by atoms with Gasteiger partial charge in [0.1, 0.15) is 15.7 Å². The molecule has 0 radical (unpaired) electrons. The van der Waals surface area contributed by atoms with Crippen molar-refractivity contribution in [1.82, 2.24) is 0 Å². The maximum Gasteiger partial charge on any atom is 0.288 e. The highest BCUT2D eigenvalue weighted by molar-refractivity contribution is 6.33. The summed E-state index contributed by atoms with van der Waals surface area (Å²) in [6, 6.07) is 10.4. The minimum atomic E-state index is -0.710. The zero-order valence-electron chi connectivity index (χ0n) is 21.5. The van der Waals surface area contributed by atoms with Crippen molar-refractivity contribution in [1.29, 1.82) is 0 Å². The third-order valence-corrected chi connectivity index (χ3v) is 8.53. The van der Waals surface area contributed by atoms with Gasteiger partial charge in [-0.2, -0.15) is 0 Å². The monoisotopic (exact) mass is 590 g/mol. The van der Waals surface area contributed by atoms with Crippen LogP contribution in [0.4, 0.5) is 31.5 Å². The van der Waals surface area contributed by atoms with Crippen molar-refractivity contribution < 1.29 is 18.6 Å². The van der Waals surface area contributed by atoms with E-state index >= 15 is 8.78 Å². The molecule has 210 valence electrons. The van der Waals surface area contributed by atoms with E-state index in [1.807, 2.05) is 0 Å². The van der Waals surface area contributed by atoms with E-state index in [0.717, 1.165) is 12.8 Å². The summed E-state index contributed by atoms with van der Waals surface area (Å²) in [4.78, 5) is 25.5. The topological polar surface area (TPSA) is 92.8 Å². The average Bonchev–Trinajstić information content (AvgIpc) is 3.35. The summed E-state index contributed by atoms with van der Waals surface area (Å²) in [6.45, 7) is 3.21. The van der Waals surface area contributed by atoms with Crippen molar-refractivity contribution in [3.05, 3.63) is 102 Å². The van der Waals surface area contributed by atoms with Crippen LogP contribution in [0, 0.1) is 37.8 Å². The Kier molecular flexibility index (Phi) is 7.83. The smallest absolute Gasteiger partial charge is 0.288 e. The molecule has 0 unspecified atom stereocenters. The van der Waals surface area contributed by atoms with Crippen molar-refractivity contribution in [3.8, 4) is 0 Å². The molecule has 0 saturated carbocycles. The largest absolute Gasteiger partial charge is 0.367 e. The lowest BCUT2D eigenvalue weighted by molar-refractivity contribution is -0.384. The molecule has 2 aliphatic heterocycles. The van der Waals surface area contributed by atoms with Crippen LogP contribution in [0.25, 0.3) is 0 Å². The van der Waals surface area contributed by atoms with Gasteiger partial charge in [0, 0.05) is 30.9 Å². The molecule has 2 atom stereocenters. The maximum absolute atomic E-state index is 15.6. The summed E-state index contributed by atoms with van der Waals surface area (Å²) in [7, 11) is 0. The second kappa shape index (κ2) is 11.2. The number of nitrogens with zero attached hydrogens (tertiary/aromatic N) is 4. The molecule has 0 spiro atoms.